The fraction of sp³-hybridized carbons (Fsp3) is 0.100. The fourth-order valence-corrected chi connectivity index (χ4v) is 1.93. The van der Waals surface area contributed by atoms with Crippen molar-refractivity contribution in [2.45, 2.75) is 6.92 Å². The highest BCUT2D eigenvalue weighted by Gasteiger charge is 2.13. The van der Waals surface area contributed by atoms with Gasteiger partial charge in [0.05, 0.1) is 0 Å². The summed E-state index contributed by atoms with van der Waals surface area (Å²) in [5.74, 6) is -0.871. The molecule has 0 spiro atoms. The van der Waals surface area contributed by atoms with Crippen molar-refractivity contribution >= 4 is 34.5 Å². The highest BCUT2D eigenvalue weighted by molar-refractivity contribution is 7.17. The van der Waals surface area contributed by atoms with Crippen molar-refractivity contribution in [3.05, 3.63) is 39.1 Å². The van der Waals surface area contributed by atoms with Crippen LogP contribution in [0.4, 0.5) is 10.1 Å². The Morgan fingerprint density at radius 3 is 2.88 bits per heavy atom. The van der Waals surface area contributed by atoms with Crippen LogP contribution in [-0.4, -0.2) is 16.1 Å². The monoisotopic (exact) mass is 271 g/mol. The lowest BCUT2D eigenvalue weighted by molar-refractivity contribution is 0.102. The minimum Gasteiger partial charge on any atom is -0.320 e. The van der Waals surface area contributed by atoms with Gasteiger partial charge in [-0.1, -0.05) is 17.4 Å². The lowest BCUT2D eigenvalue weighted by Gasteiger charge is -2.06. The number of nitrogens with zero attached hydrogens (tertiary/aromatic N) is 2. The number of nitrogens with one attached hydrogen (secondary N) is 1. The highest BCUT2D eigenvalue weighted by Crippen LogP contribution is 2.19. The Morgan fingerprint density at radius 1 is 1.47 bits per heavy atom. The molecule has 17 heavy (non-hydrogen) atoms. The lowest BCUT2D eigenvalue weighted by atomic mass is 10.2. The molecule has 0 bridgehead atoms. The van der Waals surface area contributed by atoms with Crippen LogP contribution in [0.3, 0.4) is 0 Å². The van der Waals surface area contributed by atoms with E-state index in [1.54, 1.807) is 13.0 Å². The summed E-state index contributed by atoms with van der Waals surface area (Å²) in [5.41, 5.74) is 1.16. The molecule has 0 saturated heterocycles. The quantitative estimate of drug-likeness (QED) is 0.914. The third kappa shape index (κ3) is 2.78. The second kappa shape index (κ2) is 4.77. The molecular weight excluding hydrogens is 265 g/mol. The van der Waals surface area contributed by atoms with Crippen LogP contribution in [0.25, 0.3) is 0 Å². The van der Waals surface area contributed by atoms with E-state index in [1.807, 2.05) is 0 Å². The Labute approximate surface area is 105 Å². The van der Waals surface area contributed by atoms with Crippen LogP contribution in [0.15, 0.2) is 18.2 Å². The van der Waals surface area contributed by atoms with Gasteiger partial charge in [-0.25, -0.2) is 4.39 Å². The predicted molar refractivity (Wildman–Crippen MR) is 64.0 cm³/mol. The SMILES string of the molecule is Cc1ccc(F)cc1NC(=O)c1nnc(Cl)s1. The first-order chi connectivity index (χ1) is 8.06. The summed E-state index contributed by atoms with van der Waals surface area (Å²) in [5, 5.41) is 9.80. The minimum atomic E-state index is -0.455. The number of carbonyl (C=O) groups is 1. The molecule has 1 N–H and O–H groups in total. The Balaban J connectivity index is 2.21. The number of aryl methyl sites for hydroxylation is 1. The van der Waals surface area contributed by atoms with E-state index in [1.165, 1.54) is 12.1 Å². The maximum Gasteiger partial charge on any atom is 0.286 e. The van der Waals surface area contributed by atoms with Gasteiger partial charge in [-0.05, 0) is 36.2 Å². The first-order valence-corrected chi connectivity index (χ1v) is 5.82. The van der Waals surface area contributed by atoms with Gasteiger partial charge in [0.1, 0.15) is 5.82 Å². The first kappa shape index (κ1) is 11.9. The van der Waals surface area contributed by atoms with Crippen LogP contribution in [0.1, 0.15) is 15.4 Å². The average molecular weight is 272 g/mol. The smallest absolute Gasteiger partial charge is 0.286 e. The van der Waals surface area contributed by atoms with Crippen LogP contribution in [-0.2, 0) is 0 Å². The second-order valence-corrected chi connectivity index (χ2v) is 4.83. The van der Waals surface area contributed by atoms with Gasteiger partial charge < -0.3 is 5.32 Å². The van der Waals surface area contributed by atoms with E-state index in [4.69, 9.17) is 11.6 Å². The standard InChI is InChI=1S/C10H7ClFN3OS/c1-5-2-3-6(12)4-7(5)13-8(16)9-14-15-10(11)17-9/h2-4H,1H3,(H,13,16). The van der Waals surface area contributed by atoms with Crippen molar-refractivity contribution < 1.29 is 9.18 Å². The van der Waals surface area contributed by atoms with Crippen LogP contribution >= 0.6 is 22.9 Å². The second-order valence-electron chi connectivity index (χ2n) is 3.27. The molecule has 1 aromatic carbocycles. The average Bonchev–Trinajstić information content (AvgIpc) is 2.70. The molecule has 0 fully saturated rings. The molecule has 0 unspecified atom stereocenters. The largest absolute Gasteiger partial charge is 0.320 e. The Kier molecular flexibility index (Phi) is 3.35. The number of carbonyl (C=O) groups excluding carboxylic acids is 1. The van der Waals surface area contributed by atoms with Gasteiger partial charge in [0.15, 0.2) is 0 Å². The summed E-state index contributed by atoms with van der Waals surface area (Å²) in [6, 6.07) is 4.15. The van der Waals surface area contributed by atoms with E-state index >= 15 is 0 Å². The predicted octanol–water partition coefficient (Wildman–Crippen LogP) is 2.89. The Bertz CT molecular complexity index is 572. The summed E-state index contributed by atoms with van der Waals surface area (Å²) < 4.78 is 13.2. The lowest BCUT2D eigenvalue weighted by Crippen LogP contribution is -2.12. The van der Waals surface area contributed by atoms with Crippen molar-refractivity contribution in [2.75, 3.05) is 5.32 Å². The molecule has 1 heterocycles. The van der Waals surface area contributed by atoms with Gasteiger partial charge in [-0.2, -0.15) is 0 Å². The molecule has 0 saturated carbocycles. The molecule has 2 aromatic rings. The van der Waals surface area contributed by atoms with Crippen LogP contribution in [0.5, 0.6) is 0 Å². The number of hydrogen-bond acceptors (Lipinski definition) is 4. The number of aromatic nitrogens is 2. The molecule has 4 nitrogen and oxygen atoms in total. The molecule has 7 heteroatoms. The summed E-state index contributed by atoms with van der Waals surface area (Å²) in [6.07, 6.45) is 0. The third-order valence-electron chi connectivity index (χ3n) is 2.04. The Morgan fingerprint density at radius 2 is 2.24 bits per heavy atom. The number of amides is 1. The molecule has 0 atom stereocenters. The van der Waals surface area contributed by atoms with Gasteiger partial charge in [0.25, 0.3) is 5.91 Å². The molecule has 2 rings (SSSR count). The molecule has 1 amide bonds. The molecular formula is C10H7ClFN3OS. The Hall–Kier alpha value is -1.53. The first-order valence-electron chi connectivity index (χ1n) is 4.63. The van der Waals surface area contributed by atoms with Crippen molar-refractivity contribution in [1.82, 2.24) is 10.2 Å². The highest BCUT2D eigenvalue weighted by atomic mass is 35.5. The van der Waals surface area contributed by atoms with Crippen LogP contribution in [0, 0.1) is 12.7 Å². The molecule has 0 radical (unpaired) electrons. The molecule has 1 aromatic heterocycles. The number of benzene rings is 1. The maximum absolute atomic E-state index is 13.0. The zero-order valence-electron chi connectivity index (χ0n) is 8.70. The normalized spacial score (nSPS) is 10.3. The van der Waals surface area contributed by atoms with Crippen LogP contribution < -0.4 is 5.32 Å². The van der Waals surface area contributed by atoms with Gasteiger partial charge in [0.2, 0.25) is 9.47 Å². The van der Waals surface area contributed by atoms with Crippen molar-refractivity contribution in [2.24, 2.45) is 0 Å². The van der Waals surface area contributed by atoms with Crippen molar-refractivity contribution in [1.29, 1.82) is 0 Å². The summed E-state index contributed by atoms with van der Waals surface area (Å²) >= 11 is 6.53. The van der Waals surface area contributed by atoms with E-state index in [0.717, 1.165) is 16.9 Å². The number of anilines is 1. The van der Waals surface area contributed by atoms with Crippen molar-refractivity contribution in [3.8, 4) is 0 Å². The zero-order chi connectivity index (χ0) is 12.4. The number of hydrogen-bond donors (Lipinski definition) is 1. The van der Waals surface area contributed by atoms with Gasteiger partial charge in [-0.3, -0.25) is 4.79 Å². The summed E-state index contributed by atoms with van der Waals surface area (Å²) in [4.78, 5) is 11.7. The topological polar surface area (TPSA) is 54.9 Å². The molecule has 0 aliphatic rings. The maximum atomic E-state index is 13.0. The van der Waals surface area contributed by atoms with Crippen molar-refractivity contribution in [3.63, 3.8) is 0 Å². The van der Waals surface area contributed by atoms with Crippen LogP contribution in [0.2, 0.25) is 4.47 Å². The minimum absolute atomic E-state index is 0.138. The van der Waals surface area contributed by atoms with Gasteiger partial charge in [0, 0.05) is 5.69 Å². The van der Waals surface area contributed by atoms with E-state index < -0.39 is 11.7 Å². The number of rotatable bonds is 2. The van der Waals surface area contributed by atoms with E-state index in [2.05, 4.69) is 15.5 Å². The number of halogens is 2. The summed E-state index contributed by atoms with van der Waals surface area (Å²) in [7, 11) is 0. The fourth-order valence-electron chi connectivity index (χ4n) is 1.20. The summed E-state index contributed by atoms with van der Waals surface area (Å²) in [6.45, 7) is 1.77. The molecule has 0 aliphatic carbocycles. The van der Waals surface area contributed by atoms with E-state index in [-0.39, 0.29) is 9.47 Å². The van der Waals surface area contributed by atoms with Gasteiger partial charge in [-0.15, -0.1) is 10.2 Å². The van der Waals surface area contributed by atoms with E-state index in [0.29, 0.717) is 5.69 Å². The molecule has 88 valence electrons. The molecule has 0 aliphatic heterocycles. The van der Waals surface area contributed by atoms with E-state index in [9.17, 15) is 9.18 Å². The zero-order valence-corrected chi connectivity index (χ0v) is 10.3. The van der Waals surface area contributed by atoms with Gasteiger partial charge >= 0.3 is 0 Å². The third-order valence-corrected chi connectivity index (χ3v) is 3.06.